The van der Waals surface area contributed by atoms with E-state index in [-0.39, 0.29) is 17.5 Å². The number of Topliss-reactive ketones (excluding diaryl/α,β-unsaturated/α-hetero) is 2. The van der Waals surface area contributed by atoms with Crippen LogP contribution in [0.2, 0.25) is 0 Å². The van der Waals surface area contributed by atoms with Gasteiger partial charge in [-0.25, -0.2) is 0 Å². The molecule has 2 nitrogen and oxygen atoms in total. The van der Waals surface area contributed by atoms with Crippen LogP contribution in [0.15, 0.2) is 0 Å². The quantitative estimate of drug-likeness (QED) is 0.637. The topological polar surface area (TPSA) is 34.1 Å². The summed E-state index contributed by atoms with van der Waals surface area (Å²) in [5.74, 6) is -0.0328. The normalized spacial score (nSPS) is 25.6. The predicted molar refractivity (Wildman–Crippen MR) is 65.3 cm³/mol. The third kappa shape index (κ3) is 4.91. The van der Waals surface area contributed by atoms with Crippen molar-refractivity contribution in [2.45, 2.75) is 71.1 Å². The molecule has 1 saturated carbocycles. The molecule has 0 aromatic heterocycles. The van der Waals surface area contributed by atoms with Gasteiger partial charge in [-0.15, -0.1) is 0 Å². The molecule has 0 heterocycles. The highest BCUT2D eigenvalue weighted by atomic mass is 16.1. The van der Waals surface area contributed by atoms with E-state index in [1.165, 1.54) is 32.1 Å². The minimum absolute atomic E-state index is 0.0714. The van der Waals surface area contributed by atoms with Gasteiger partial charge in [0, 0.05) is 6.42 Å². The van der Waals surface area contributed by atoms with Crippen LogP contribution in [0.3, 0.4) is 0 Å². The average molecular weight is 224 g/mol. The minimum Gasteiger partial charge on any atom is -0.299 e. The Bertz CT molecular complexity index is 233. The van der Waals surface area contributed by atoms with E-state index in [1.807, 2.05) is 0 Å². The van der Waals surface area contributed by atoms with Crippen LogP contribution >= 0.6 is 0 Å². The summed E-state index contributed by atoms with van der Waals surface area (Å²) in [6.07, 6.45) is 10.9. The standard InChI is InChI=1S/C14H24O2/c1-12(15)13-10-8-6-4-2-3-5-7-9-11-14(13)16/h13H,2-11H2,1H3/t13-/m0/s1. The third-order valence-electron chi connectivity index (χ3n) is 3.55. The molecule has 2 heteroatoms. The number of ketones is 2. The molecule has 1 rings (SSSR count). The zero-order valence-corrected chi connectivity index (χ0v) is 10.5. The lowest BCUT2D eigenvalue weighted by atomic mass is 9.89. The number of hydrogen-bond donors (Lipinski definition) is 0. The van der Waals surface area contributed by atoms with Crippen molar-refractivity contribution < 1.29 is 9.59 Å². The van der Waals surface area contributed by atoms with Gasteiger partial charge < -0.3 is 0 Å². The van der Waals surface area contributed by atoms with Crippen molar-refractivity contribution >= 4 is 11.6 Å². The Labute approximate surface area is 98.8 Å². The summed E-state index contributed by atoms with van der Waals surface area (Å²) < 4.78 is 0. The van der Waals surface area contributed by atoms with E-state index in [0.29, 0.717) is 6.42 Å². The van der Waals surface area contributed by atoms with E-state index in [9.17, 15) is 9.59 Å². The van der Waals surface area contributed by atoms with Crippen molar-refractivity contribution in [3.8, 4) is 0 Å². The summed E-state index contributed by atoms with van der Waals surface area (Å²) in [5, 5.41) is 0. The fourth-order valence-electron chi connectivity index (χ4n) is 2.47. The molecule has 92 valence electrons. The highest BCUT2D eigenvalue weighted by molar-refractivity contribution is 6.01. The maximum atomic E-state index is 11.9. The van der Waals surface area contributed by atoms with Crippen LogP contribution in [0.4, 0.5) is 0 Å². The van der Waals surface area contributed by atoms with Crippen molar-refractivity contribution in [3.63, 3.8) is 0 Å². The van der Waals surface area contributed by atoms with Gasteiger partial charge in [-0.1, -0.05) is 44.9 Å². The lowest BCUT2D eigenvalue weighted by Gasteiger charge is -2.13. The number of rotatable bonds is 1. The molecular formula is C14H24O2. The maximum absolute atomic E-state index is 11.9. The van der Waals surface area contributed by atoms with Gasteiger partial charge in [-0.3, -0.25) is 9.59 Å². The van der Waals surface area contributed by atoms with Gasteiger partial charge in [-0.2, -0.15) is 0 Å². The minimum atomic E-state index is -0.292. The molecule has 1 fully saturated rings. The summed E-state index contributed by atoms with van der Waals surface area (Å²) in [7, 11) is 0. The average Bonchev–Trinajstić information content (AvgIpc) is 2.22. The molecule has 0 bridgehead atoms. The van der Waals surface area contributed by atoms with E-state index >= 15 is 0 Å². The van der Waals surface area contributed by atoms with E-state index in [1.54, 1.807) is 6.92 Å². The van der Waals surface area contributed by atoms with E-state index in [0.717, 1.165) is 25.7 Å². The second-order valence-corrected chi connectivity index (χ2v) is 5.00. The molecule has 0 amide bonds. The lowest BCUT2D eigenvalue weighted by Crippen LogP contribution is -2.22. The number of carbonyl (C=O) groups is 2. The fraction of sp³-hybridized carbons (Fsp3) is 0.857. The first-order valence-corrected chi connectivity index (χ1v) is 6.75. The molecule has 0 radical (unpaired) electrons. The lowest BCUT2D eigenvalue weighted by molar-refractivity contribution is -0.132. The molecule has 0 spiro atoms. The SMILES string of the molecule is CC(=O)[C@@H]1CCCCCCCCCCC1=O. The van der Waals surface area contributed by atoms with Crippen LogP contribution in [-0.2, 0) is 9.59 Å². The van der Waals surface area contributed by atoms with Crippen molar-refractivity contribution in [2.75, 3.05) is 0 Å². The summed E-state index contributed by atoms with van der Waals surface area (Å²) in [6.45, 7) is 1.56. The Morgan fingerprint density at radius 3 is 2.00 bits per heavy atom. The molecule has 0 aliphatic heterocycles. The van der Waals surface area contributed by atoms with Gasteiger partial charge >= 0.3 is 0 Å². The van der Waals surface area contributed by atoms with Crippen molar-refractivity contribution in [1.29, 1.82) is 0 Å². The highest BCUT2D eigenvalue weighted by Crippen LogP contribution is 2.19. The largest absolute Gasteiger partial charge is 0.299 e. The van der Waals surface area contributed by atoms with Crippen molar-refractivity contribution in [3.05, 3.63) is 0 Å². The van der Waals surface area contributed by atoms with Crippen LogP contribution in [0, 0.1) is 5.92 Å². The van der Waals surface area contributed by atoms with Crippen molar-refractivity contribution in [1.82, 2.24) is 0 Å². The van der Waals surface area contributed by atoms with Crippen LogP contribution < -0.4 is 0 Å². The van der Waals surface area contributed by atoms with Gasteiger partial charge in [0.25, 0.3) is 0 Å². The van der Waals surface area contributed by atoms with E-state index in [2.05, 4.69) is 0 Å². The summed E-state index contributed by atoms with van der Waals surface area (Å²) in [5.41, 5.74) is 0. The Balaban J connectivity index is 2.46. The monoisotopic (exact) mass is 224 g/mol. The zero-order valence-electron chi connectivity index (χ0n) is 10.5. The Hall–Kier alpha value is -0.660. The molecule has 0 N–H and O–H groups in total. The molecule has 1 aliphatic carbocycles. The summed E-state index contributed by atoms with van der Waals surface area (Å²) in [6, 6.07) is 0. The Morgan fingerprint density at radius 1 is 0.938 bits per heavy atom. The Kier molecular flexibility index (Phi) is 6.36. The van der Waals surface area contributed by atoms with Crippen LogP contribution in [0.1, 0.15) is 71.1 Å². The predicted octanol–water partition coefficient (Wildman–Crippen LogP) is 3.68. The van der Waals surface area contributed by atoms with E-state index < -0.39 is 0 Å². The molecule has 0 unspecified atom stereocenters. The van der Waals surface area contributed by atoms with Crippen LogP contribution in [0.25, 0.3) is 0 Å². The van der Waals surface area contributed by atoms with Gasteiger partial charge in [0.2, 0.25) is 0 Å². The molecule has 0 aromatic rings. The first-order valence-electron chi connectivity index (χ1n) is 6.75. The zero-order chi connectivity index (χ0) is 11.8. The number of carbonyl (C=O) groups excluding carboxylic acids is 2. The molecule has 1 atom stereocenters. The number of hydrogen-bond acceptors (Lipinski definition) is 2. The molecule has 0 saturated heterocycles. The second-order valence-electron chi connectivity index (χ2n) is 5.00. The Morgan fingerprint density at radius 2 is 1.44 bits per heavy atom. The molecule has 0 aromatic carbocycles. The second kappa shape index (κ2) is 7.59. The van der Waals surface area contributed by atoms with Gasteiger partial charge in [0.1, 0.15) is 11.6 Å². The van der Waals surface area contributed by atoms with Crippen LogP contribution in [0.5, 0.6) is 0 Å². The first-order chi connectivity index (χ1) is 7.72. The van der Waals surface area contributed by atoms with Crippen LogP contribution in [-0.4, -0.2) is 11.6 Å². The first kappa shape index (κ1) is 13.4. The summed E-state index contributed by atoms with van der Waals surface area (Å²) in [4.78, 5) is 23.3. The molecule has 1 aliphatic rings. The maximum Gasteiger partial charge on any atom is 0.143 e. The van der Waals surface area contributed by atoms with Gasteiger partial charge in [0.05, 0.1) is 5.92 Å². The summed E-state index contributed by atoms with van der Waals surface area (Å²) >= 11 is 0. The van der Waals surface area contributed by atoms with Gasteiger partial charge in [-0.05, 0) is 19.8 Å². The smallest absolute Gasteiger partial charge is 0.143 e. The van der Waals surface area contributed by atoms with Gasteiger partial charge in [0.15, 0.2) is 0 Å². The highest BCUT2D eigenvalue weighted by Gasteiger charge is 2.21. The third-order valence-corrected chi connectivity index (χ3v) is 3.55. The van der Waals surface area contributed by atoms with Crippen molar-refractivity contribution in [2.24, 2.45) is 5.92 Å². The molecule has 16 heavy (non-hydrogen) atoms. The fourth-order valence-corrected chi connectivity index (χ4v) is 2.47. The molecular weight excluding hydrogens is 200 g/mol. The van der Waals surface area contributed by atoms with E-state index in [4.69, 9.17) is 0 Å².